The number of carbonyl (C=O) groups is 1. The standard InChI is InChI=1S/C21H17N5O3S/c27-19(13-30-21-22-20(23-24-21)14-6-2-1-3-7-14)26-16(18-9-5-11-29-18)12-15(25-26)17-8-4-10-28-17/h1-11,16H,12-13H2,(H,22,23,24)/t16-/m0/s1. The van der Waals surface area contributed by atoms with Crippen LogP contribution in [0, 0.1) is 0 Å². The Balaban J connectivity index is 1.31. The van der Waals surface area contributed by atoms with Crippen molar-refractivity contribution >= 4 is 23.4 Å². The Morgan fingerprint density at radius 1 is 1.10 bits per heavy atom. The second kappa shape index (κ2) is 8.03. The first kappa shape index (κ1) is 18.4. The van der Waals surface area contributed by atoms with Crippen molar-refractivity contribution in [1.82, 2.24) is 20.2 Å². The highest BCUT2D eigenvalue weighted by molar-refractivity contribution is 7.99. The average molecular weight is 419 g/mol. The molecule has 8 nitrogen and oxygen atoms in total. The SMILES string of the molecule is O=C(CSc1n[nH]c(-c2ccccc2)n1)N1N=C(c2ccco2)C[C@H]1c1ccco1. The first-order valence-electron chi connectivity index (χ1n) is 9.35. The zero-order valence-corrected chi connectivity index (χ0v) is 16.6. The van der Waals surface area contributed by atoms with E-state index in [1.54, 1.807) is 24.7 Å². The highest BCUT2D eigenvalue weighted by Crippen LogP contribution is 2.34. The summed E-state index contributed by atoms with van der Waals surface area (Å²) in [5.74, 6) is 1.99. The highest BCUT2D eigenvalue weighted by Gasteiger charge is 2.35. The quantitative estimate of drug-likeness (QED) is 0.472. The molecule has 3 aromatic heterocycles. The largest absolute Gasteiger partial charge is 0.467 e. The van der Waals surface area contributed by atoms with E-state index in [1.165, 1.54) is 16.8 Å². The fourth-order valence-corrected chi connectivity index (χ4v) is 3.91. The monoisotopic (exact) mass is 419 g/mol. The molecule has 0 fully saturated rings. The Hall–Kier alpha value is -3.59. The normalized spacial score (nSPS) is 16.1. The summed E-state index contributed by atoms with van der Waals surface area (Å²) in [6.45, 7) is 0. The third kappa shape index (κ3) is 3.67. The van der Waals surface area contributed by atoms with Crippen molar-refractivity contribution in [1.29, 1.82) is 0 Å². The molecule has 0 bridgehead atoms. The van der Waals surface area contributed by atoms with E-state index in [4.69, 9.17) is 8.83 Å². The average Bonchev–Trinajstić information content (AvgIpc) is 3.57. The van der Waals surface area contributed by atoms with Gasteiger partial charge >= 0.3 is 0 Å². The third-order valence-electron chi connectivity index (χ3n) is 4.68. The number of furan rings is 2. The number of amides is 1. The molecule has 1 amide bonds. The molecule has 4 heterocycles. The number of thioether (sulfide) groups is 1. The molecule has 4 aromatic rings. The van der Waals surface area contributed by atoms with Gasteiger partial charge in [-0.05, 0) is 24.3 Å². The molecule has 1 N–H and O–H groups in total. The van der Waals surface area contributed by atoms with Crippen molar-refractivity contribution in [2.24, 2.45) is 5.10 Å². The van der Waals surface area contributed by atoms with Gasteiger partial charge in [0.05, 0.1) is 18.3 Å². The van der Waals surface area contributed by atoms with Crippen LogP contribution < -0.4 is 0 Å². The summed E-state index contributed by atoms with van der Waals surface area (Å²) in [5.41, 5.74) is 1.65. The zero-order valence-electron chi connectivity index (χ0n) is 15.8. The van der Waals surface area contributed by atoms with E-state index >= 15 is 0 Å². The fraction of sp³-hybridized carbons (Fsp3) is 0.143. The number of nitrogens with zero attached hydrogens (tertiary/aromatic N) is 4. The van der Waals surface area contributed by atoms with Crippen LogP contribution in [0.1, 0.15) is 24.0 Å². The van der Waals surface area contributed by atoms with Gasteiger partial charge in [0, 0.05) is 12.0 Å². The van der Waals surface area contributed by atoms with Gasteiger partial charge in [-0.1, -0.05) is 42.1 Å². The molecule has 0 unspecified atom stereocenters. The smallest absolute Gasteiger partial charge is 0.253 e. The van der Waals surface area contributed by atoms with Gasteiger partial charge in [0.15, 0.2) is 5.82 Å². The minimum Gasteiger partial charge on any atom is -0.467 e. The molecule has 1 aromatic carbocycles. The third-order valence-corrected chi connectivity index (χ3v) is 5.51. The van der Waals surface area contributed by atoms with Gasteiger partial charge in [-0.3, -0.25) is 9.89 Å². The van der Waals surface area contributed by atoms with Gasteiger partial charge in [-0.15, -0.1) is 5.10 Å². The number of nitrogens with one attached hydrogen (secondary N) is 1. The number of hydrazone groups is 1. The molecular weight excluding hydrogens is 402 g/mol. The van der Waals surface area contributed by atoms with Crippen molar-refractivity contribution in [2.45, 2.75) is 17.6 Å². The first-order chi connectivity index (χ1) is 14.8. The van der Waals surface area contributed by atoms with E-state index in [9.17, 15) is 4.79 Å². The molecule has 150 valence electrons. The van der Waals surface area contributed by atoms with E-state index in [2.05, 4.69) is 20.3 Å². The molecule has 1 aliphatic heterocycles. The topological polar surface area (TPSA) is 101 Å². The Morgan fingerprint density at radius 2 is 1.93 bits per heavy atom. The van der Waals surface area contributed by atoms with Gasteiger partial charge < -0.3 is 8.83 Å². The highest BCUT2D eigenvalue weighted by atomic mass is 32.2. The number of aromatic amines is 1. The lowest BCUT2D eigenvalue weighted by molar-refractivity contribution is -0.130. The van der Waals surface area contributed by atoms with Gasteiger partial charge in [0.1, 0.15) is 23.3 Å². The lowest BCUT2D eigenvalue weighted by Crippen LogP contribution is -2.28. The van der Waals surface area contributed by atoms with Crippen molar-refractivity contribution in [3.8, 4) is 11.4 Å². The minimum atomic E-state index is -0.305. The second-order valence-electron chi connectivity index (χ2n) is 6.62. The maximum atomic E-state index is 13.0. The molecule has 0 radical (unpaired) electrons. The van der Waals surface area contributed by atoms with Crippen LogP contribution in [0.3, 0.4) is 0 Å². The van der Waals surface area contributed by atoms with Gasteiger partial charge in [0.25, 0.3) is 5.91 Å². The summed E-state index contributed by atoms with van der Waals surface area (Å²) in [6, 6.07) is 16.7. The summed E-state index contributed by atoms with van der Waals surface area (Å²) < 4.78 is 11.0. The zero-order chi connectivity index (χ0) is 20.3. The van der Waals surface area contributed by atoms with E-state index in [0.717, 1.165) is 5.56 Å². The van der Waals surface area contributed by atoms with Gasteiger partial charge in [-0.25, -0.2) is 9.99 Å². The number of hydrogen-bond donors (Lipinski definition) is 1. The summed E-state index contributed by atoms with van der Waals surface area (Å²) >= 11 is 1.26. The van der Waals surface area contributed by atoms with Crippen LogP contribution in [-0.2, 0) is 4.79 Å². The number of aromatic nitrogens is 3. The van der Waals surface area contributed by atoms with E-state index in [-0.39, 0.29) is 17.7 Å². The van der Waals surface area contributed by atoms with Crippen LogP contribution in [0.15, 0.2) is 86.2 Å². The molecule has 0 spiro atoms. The molecule has 0 saturated carbocycles. The Bertz CT molecular complexity index is 1150. The lowest BCUT2D eigenvalue weighted by Gasteiger charge is -2.19. The van der Waals surface area contributed by atoms with Crippen molar-refractivity contribution < 1.29 is 13.6 Å². The fourth-order valence-electron chi connectivity index (χ4n) is 3.26. The first-order valence-corrected chi connectivity index (χ1v) is 10.3. The lowest BCUT2D eigenvalue weighted by atomic mass is 10.1. The molecule has 5 rings (SSSR count). The number of benzene rings is 1. The number of hydrogen-bond acceptors (Lipinski definition) is 7. The molecule has 1 aliphatic rings. The number of rotatable bonds is 6. The summed E-state index contributed by atoms with van der Waals surface area (Å²) in [7, 11) is 0. The van der Waals surface area contributed by atoms with Crippen molar-refractivity contribution in [2.75, 3.05) is 5.75 Å². The van der Waals surface area contributed by atoms with Crippen LogP contribution in [0.25, 0.3) is 11.4 Å². The number of carbonyl (C=O) groups excluding carboxylic acids is 1. The minimum absolute atomic E-state index is 0.151. The molecule has 1 atom stereocenters. The maximum absolute atomic E-state index is 13.0. The van der Waals surface area contributed by atoms with E-state index in [1.807, 2.05) is 42.5 Å². The van der Waals surface area contributed by atoms with Gasteiger partial charge in [-0.2, -0.15) is 5.10 Å². The van der Waals surface area contributed by atoms with Gasteiger partial charge in [0.2, 0.25) is 5.16 Å². The van der Waals surface area contributed by atoms with Crippen molar-refractivity contribution in [3.63, 3.8) is 0 Å². The van der Waals surface area contributed by atoms with Crippen LogP contribution >= 0.6 is 11.8 Å². The maximum Gasteiger partial charge on any atom is 0.253 e. The van der Waals surface area contributed by atoms with E-state index in [0.29, 0.717) is 34.6 Å². The predicted molar refractivity (Wildman–Crippen MR) is 111 cm³/mol. The van der Waals surface area contributed by atoms with Crippen LogP contribution in [0.5, 0.6) is 0 Å². The van der Waals surface area contributed by atoms with E-state index < -0.39 is 0 Å². The molecule has 0 aliphatic carbocycles. The predicted octanol–water partition coefficient (Wildman–Crippen LogP) is 4.13. The number of H-pyrrole nitrogens is 1. The second-order valence-corrected chi connectivity index (χ2v) is 7.56. The Morgan fingerprint density at radius 3 is 2.70 bits per heavy atom. The van der Waals surface area contributed by atoms with Crippen LogP contribution in [0.2, 0.25) is 0 Å². The Kier molecular flexibility index (Phi) is 4.94. The molecular formula is C21H17N5O3S. The van der Waals surface area contributed by atoms with Crippen LogP contribution in [0.4, 0.5) is 0 Å². The summed E-state index contributed by atoms with van der Waals surface area (Å²) in [6.07, 6.45) is 3.71. The Labute approximate surface area is 176 Å². The summed E-state index contributed by atoms with van der Waals surface area (Å²) in [5, 5.41) is 13.6. The summed E-state index contributed by atoms with van der Waals surface area (Å²) in [4.78, 5) is 17.4. The molecule has 30 heavy (non-hydrogen) atoms. The molecule has 0 saturated heterocycles. The van der Waals surface area contributed by atoms with Crippen molar-refractivity contribution in [3.05, 3.63) is 78.6 Å². The van der Waals surface area contributed by atoms with Crippen LogP contribution in [-0.4, -0.2) is 37.6 Å². The molecule has 9 heteroatoms.